The molecule has 0 aliphatic carbocycles. The Balaban J connectivity index is 1.33. The third-order valence-electron chi connectivity index (χ3n) is 10.3. The fraction of sp³-hybridized carbons (Fsp3) is 0.366. The number of rotatable bonds is 14. The lowest BCUT2D eigenvalue weighted by atomic mass is 9.98. The zero-order valence-corrected chi connectivity index (χ0v) is 31.3. The zero-order valence-electron chi connectivity index (χ0n) is 31.3. The SMILES string of the molecule is C=CCN1CC(=O)N2[C@@H](Cc3ccc(O)cc3)C(=O)N(Cc3cccc4c(C(=O)NCCN(CC)CC)cn(C)c34)C[C@@H]2N1C(=O)NCc1ccccc1. The average Bonchev–Trinajstić information content (AvgIpc) is 3.52. The van der Waals surface area contributed by atoms with E-state index >= 15 is 0 Å². The number of benzene rings is 3. The molecule has 2 saturated heterocycles. The highest BCUT2D eigenvalue weighted by molar-refractivity contribution is 6.07. The Hall–Kier alpha value is -5.66. The predicted molar refractivity (Wildman–Crippen MR) is 207 cm³/mol. The van der Waals surface area contributed by atoms with E-state index < -0.39 is 18.2 Å². The molecule has 2 atom stereocenters. The van der Waals surface area contributed by atoms with Crippen LogP contribution in [0.25, 0.3) is 10.9 Å². The van der Waals surface area contributed by atoms with Crippen LogP contribution in [0.15, 0.2) is 91.6 Å². The highest BCUT2D eigenvalue weighted by atomic mass is 16.3. The molecule has 0 unspecified atom stereocenters. The van der Waals surface area contributed by atoms with Crippen LogP contribution in [-0.4, -0.2) is 116 Å². The molecule has 3 heterocycles. The van der Waals surface area contributed by atoms with Gasteiger partial charge in [0.05, 0.1) is 24.2 Å². The second-order valence-electron chi connectivity index (χ2n) is 13.8. The molecule has 284 valence electrons. The molecular formula is C41H50N8O5. The maximum atomic E-state index is 14.6. The van der Waals surface area contributed by atoms with E-state index in [1.807, 2.05) is 66.3 Å². The molecule has 3 N–H and O–H groups in total. The van der Waals surface area contributed by atoms with E-state index in [0.29, 0.717) is 12.1 Å². The minimum atomic E-state index is -0.921. The molecule has 13 heteroatoms. The van der Waals surface area contributed by atoms with Crippen LogP contribution in [0.4, 0.5) is 4.79 Å². The van der Waals surface area contributed by atoms with Crippen LogP contribution in [0.3, 0.4) is 0 Å². The van der Waals surface area contributed by atoms with E-state index in [1.54, 1.807) is 50.2 Å². The zero-order chi connectivity index (χ0) is 38.4. The summed E-state index contributed by atoms with van der Waals surface area (Å²) in [5.41, 5.74) is 3.88. The van der Waals surface area contributed by atoms with Gasteiger partial charge < -0.3 is 35.0 Å². The number of likely N-dealkylation sites (N-methyl/N-ethyl adjacent to an activating group) is 1. The van der Waals surface area contributed by atoms with Crippen molar-refractivity contribution in [1.29, 1.82) is 0 Å². The summed E-state index contributed by atoms with van der Waals surface area (Å²) in [5, 5.41) is 20.0. The number of carbonyl (C=O) groups excluding carboxylic acids is 4. The van der Waals surface area contributed by atoms with Gasteiger partial charge in [0.2, 0.25) is 11.8 Å². The first kappa shape index (κ1) is 38.1. The molecule has 4 aromatic rings. The number of aromatic hydroxyl groups is 1. The van der Waals surface area contributed by atoms with Gasteiger partial charge >= 0.3 is 6.03 Å². The lowest BCUT2D eigenvalue weighted by Crippen LogP contribution is -2.76. The number of piperazine rings is 1. The fourth-order valence-electron chi connectivity index (χ4n) is 7.58. The van der Waals surface area contributed by atoms with Crippen molar-refractivity contribution in [2.24, 2.45) is 7.05 Å². The smallest absolute Gasteiger partial charge is 0.334 e. The van der Waals surface area contributed by atoms with Crippen molar-refractivity contribution in [2.75, 3.05) is 45.8 Å². The van der Waals surface area contributed by atoms with Gasteiger partial charge in [-0.2, -0.15) is 0 Å². The van der Waals surface area contributed by atoms with Crippen molar-refractivity contribution in [3.63, 3.8) is 0 Å². The normalized spacial score (nSPS) is 17.6. The summed E-state index contributed by atoms with van der Waals surface area (Å²) in [7, 11) is 1.89. The quantitative estimate of drug-likeness (QED) is 0.169. The Bertz CT molecular complexity index is 1980. The van der Waals surface area contributed by atoms with Crippen molar-refractivity contribution >= 4 is 34.7 Å². The van der Waals surface area contributed by atoms with Gasteiger partial charge in [0.15, 0.2) is 0 Å². The Morgan fingerprint density at radius 1 is 0.963 bits per heavy atom. The van der Waals surface area contributed by atoms with Crippen LogP contribution < -0.4 is 10.6 Å². The largest absolute Gasteiger partial charge is 0.508 e. The lowest BCUT2D eigenvalue weighted by molar-refractivity contribution is -0.189. The first-order valence-electron chi connectivity index (χ1n) is 18.6. The third kappa shape index (κ3) is 8.12. The molecule has 0 radical (unpaired) electrons. The minimum Gasteiger partial charge on any atom is -0.508 e. The van der Waals surface area contributed by atoms with Gasteiger partial charge in [-0.1, -0.05) is 80.6 Å². The first-order valence-corrected chi connectivity index (χ1v) is 18.6. The second kappa shape index (κ2) is 17.0. The van der Waals surface area contributed by atoms with Crippen molar-refractivity contribution in [3.05, 3.63) is 114 Å². The number of nitrogens with zero attached hydrogens (tertiary/aromatic N) is 6. The van der Waals surface area contributed by atoms with Crippen molar-refractivity contribution in [1.82, 2.24) is 39.9 Å². The third-order valence-corrected chi connectivity index (χ3v) is 10.3. The van der Waals surface area contributed by atoms with E-state index in [1.165, 1.54) is 0 Å². The lowest BCUT2D eigenvalue weighted by Gasteiger charge is -2.55. The minimum absolute atomic E-state index is 0.0581. The number of aromatic nitrogens is 1. The van der Waals surface area contributed by atoms with Gasteiger partial charge in [0.25, 0.3) is 5.91 Å². The molecule has 5 amide bonds. The summed E-state index contributed by atoms with van der Waals surface area (Å²) in [6.45, 7) is 11.8. The standard InChI is InChI=1S/C41H50N8O5/c1-5-21-47-28-37(51)48-35(23-29-16-18-32(50)19-17-29)40(53)46(27-36(48)49(47)41(54)43-24-30-12-9-8-10-13-30)25-31-14-11-15-33-34(26-44(4)38(31)33)39(52)42-20-22-45(6-2)7-3/h5,8-19,26,35-36,50H,1,6-7,20-25,27-28H2,2-4H3,(H,42,52)(H,43,54)/t35-,36-/m0/s1. The number of carbonyl (C=O) groups is 4. The van der Waals surface area contributed by atoms with E-state index in [2.05, 4.69) is 36.0 Å². The number of amides is 5. The van der Waals surface area contributed by atoms with Gasteiger partial charge in [0, 0.05) is 57.8 Å². The Kier molecular flexibility index (Phi) is 12.0. The van der Waals surface area contributed by atoms with E-state index in [9.17, 15) is 24.3 Å². The summed E-state index contributed by atoms with van der Waals surface area (Å²) >= 11 is 0. The average molecular weight is 735 g/mol. The molecule has 2 fully saturated rings. The van der Waals surface area contributed by atoms with E-state index in [4.69, 9.17) is 0 Å². The van der Waals surface area contributed by atoms with E-state index in [0.717, 1.165) is 47.2 Å². The summed E-state index contributed by atoms with van der Waals surface area (Å²) in [6.07, 6.45) is 2.83. The maximum absolute atomic E-state index is 14.6. The highest BCUT2D eigenvalue weighted by Crippen LogP contribution is 2.31. The van der Waals surface area contributed by atoms with Crippen LogP contribution in [0, 0.1) is 0 Å². The number of nitrogens with one attached hydrogen (secondary N) is 2. The summed E-state index contributed by atoms with van der Waals surface area (Å²) in [5.74, 6) is -0.595. The van der Waals surface area contributed by atoms with Crippen molar-refractivity contribution in [3.8, 4) is 5.75 Å². The van der Waals surface area contributed by atoms with E-state index in [-0.39, 0.29) is 62.6 Å². The van der Waals surface area contributed by atoms with Crippen LogP contribution in [0.5, 0.6) is 5.75 Å². The molecule has 2 aliphatic rings. The number of hydrazine groups is 1. The van der Waals surface area contributed by atoms with Gasteiger partial charge in [-0.15, -0.1) is 6.58 Å². The second-order valence-corrected chi connectivity index (χ2v) is 13.8. The topological polar surface area (TPSA) is 134 Å². The Morgan fingerprint density at radius 3 is 2.41 bits per heavy atom. The molecule has 0 saturated carbocycles. The monoisotopic (exact) mass is 734 g/mol. The number of phenols is 1. The molecule has 0 bridgehead atoms. The Morgan fingerprint density at radius 2 is 1.70 bits per heavy atom. The number of urea groups is 1. The van der Waals surface area contributed by atoms with Crippen molar-refractivity contribution in [2.45, 2.75) is 45.6 Å². The maximum Gasteiger partial charge on any atom is 0.334 e. The van der Waals surface area contributed by atoms with Crippen LogP contribution in [0.2, 0.25) is 0 Å². The van der Waals surface area contributed by atoms with Gasteiger partial charge in [-0.3, -0.25) is 14.4 Å². The summed E-state index contributed by atoms with van der Waals surface area (Å²) < 4.78 is 1.91. The number of hydrogen-bond acceptors (Lipinski definition) is 7. The summed E-state index contributed by atoms with van der Waals surface area (Å²) in [4.78, 5) is 61.7. The van der Waals surface area contributed by atoms with Crippen molar-refractivity contribution < 1.29 is 24.3 Å². The number of fused-ring (bicyclic) bond motifs is 2. The van der Waals surface area contributed by atoms with Gasteiger partial charge in [-0.25, -0.2) is 14.8 Å². The van der Waals surface area contributed by atoms with Gasteiger partial charge in [0.1, 0.15) is 18.0 Å². The van der Waals surface area contributed by atoms with Crippen LogP contribution in [-0.2, 0) is 36.1 Å². The molecule has 3 aromatic carbocycles. The predicted octanol–water partition coefficient (Wildman–Crippen LogP) is 3.69. The molecule has 0 spiro atoms. The first-order chi connectivity index (χ1) is 26.1. The number of para-hydroxylation sites is 1. The Labute approximate surface area is 316 Å². The van der Waals surface area contributed by atoms with Gasteiger partial charge in [-0.05, 0) is 41.9 Å². The molecule has 54 heavy (non-hydrogen) atoms. The molecular weight excluding hydrogens is 685 g/mol. The highest BCUT2D eigenvalue weighted by Gasteiger charge is 2.51. The molecule has 13 nitrogen and oxygen atoms in total. The van der Waals surface area contributed by atoms with Crippen LogP contribution >= 0.6 is 0 Å². The number of phenolic OH excluding ortho intramolecular Hbond substituents is 1. The van der Waals surface area contributed by atoms with Crippen LogP contribution in [0.1, 0.15) is 40.9 Å². The number of hydrogen-bond donors (Lipinski definition) is 3. The molecule has 1 aromatic heterocycles. The fourth-order valence-corrected chi connectivity index (χ4v) is 7.58. The molecule has 2 aliphatic heterocycles. The number of aryl methyl sites for hydroxylation is 1. The molecule has 6 rings (SSSR count). The summed E-state index contributed by atoms with van der Waals surface area (Å²) in [6, 6.07) is 20.6.